The summed E-state index contributed by atoms with van der Waals surface area (Å²) in [7, 11) is 3.16. The van der Waals surface area contributed by atoms with Gasteiger partial charge in [0.15, 0.2) is 22.9 Å². The van der Waals surface area contributed by atoms with E-state index in [-0.39, 0.29) is 11.6 Å². The molecular formula is C28H29N5O5. The maximum atomic E-state index is 13.1. The zero-order valence-electron chi connectivity index (χ0n) is 21.3. The fourth-order valence-electron chi connectivity index (χ4n) is 4.38. The van der Waals surface area contributed by atoms with Crippen LogP contribution >= 0.6 is 0 Å². The highest BCUT2D eigenvalue weighted by molar-refractivity contribution is 6.04. The maximum Gasteiger partial charge on any atom is 0.281 e. The smallest absolute Gasteiger partial charge is 0.281 e. The minimum atomic E-state index is -0.352. The average molecular weight is 516 g/mol. The number of nitrogens with one attached hydrogen (secondary N) is 1. The van der Waals surface area contributed by atoms with Crippen molar-refractivity contribution in [2.24, 2.45) is 5.92 Å². The number of amides is 1. The van der Waals surface area contributed by atoms with E-state index in [1.54, 1.807) is 50.9 Å². The number of aromatic nitrogens is 4. The first kappa shape index (κ1) is 24.0. The molecule has 10 nitrogen and oxygen atoms in total. The minimum absolute atomic E-state index is 0.283. The van der Waals surface area contributed by atoms with Crippen LogP contribution < -0.4 is 24.3 Å². The first-order valence-electron chi connectivity index (χ1n) is 12.8. The van der Waals surface area contributed by atoms with Gasteiger partial charge in [-0.3, -0.25) is 14.5 Å². The van der Waals surface area contributed by atoms with Crippen LogP contribution in [0, 0.1) is 5.92 Å². The first-order valence-corrected chi connectivity index (χ1v) is 12.8. The fourth-order valence-corrected chi connectivity index (χ4v) is 4.38. The normalized spacial score (nSPS) is 15.1. The molecule has 0 unspecified atom stereocenters. The van der Waals surface area contributed by atoms with Crippen molar-refractivity contribution in [1.82, 2.24) is 19.7 Å². The summed E-state index contributed by atoms with van der Waals surface area (Å²) >= 11 is 0. The molecule has 0 aliphatic heterocycles. The number of benzene rings is 1. The third kappa shape index (κ3) is 4.93. The Kier molecular flexibility index (Phi) is 6.45. The van der Waals surface area contributed by atoms with Crippen LogP contribution in [0.25, 0.3) is 10.9 Å². The van der Waals surface area contributed by atoms with Gasteiger partial charge in [0.2, 0.25) is 0 Å². The van der Waals surface area contributed by atoms with Crippen LogP contribution in [-0.2, 0) is 0 Å². The zero-order chi connectivity index (χ0) is 26.1. The Labute approximate surface area is 219 Å². The van der Waals surface area contributed by atoms with Gasteiger partial charge in [-0.1, -0.05) is 6.42 Å². The fraction of sp³-hybridized carbons (Fsp3) is 0.357. The number of pyridine rings is 2. The molecule has 0 saturated heterocycles. The second-order valence-corrected chi connectivity index (χ2v) is 9.63. The maximum absolute atomic E-state index is 13.1. The highest BCUT2D eigenvalue weighted by atomic mass is 16.5. The van der Waals surface area contributed by atoms with Crippen LogP contribution in [0.2, 0.25) is 0 Å². The highest BCUT2D eigenvalue weighted by Gasteiger charge is 2.29. The van der Waals surface area contributed by atoms with E-state index >= 15 is 0 Å². The number of hydrogen-bond acceptors (Lipinski definition) is 8. The minimum Gasteiger partial charge on any atom is -0.493 e. The zero-order valence-corrected chi connectivity index (χ0v) is 21.3. The number of carbonyl (C=O) groups is 1. The topological polar surface area (TPSA) is 110 Å². The van der Waals surface area contributed by atoms with E-state index in [2.05, 4.69) is 20.4 Å². The predicted molar refractivity (Wildman–Crippen MR) is 140 cm³/mol. The molecule has 196 valence electrons. The molecule has 0 bridgehead atoms. The van der Waals surface area contributed by atoms with Gasteiger partial charge in [-0.25, -0.2) is 4.98 Å². The molecule has 3 heterocycles. The Bertz CT molecular complexity index is 1460. The highest BCUT2D eigenvalue weighted by Crippen LogP contribution is 2.38. The van der Waals surface area contributed by atoms with E-state index in [1.165, 1.54) is 19.3 Å². The van der Waals surface area contributed by atoms with Gasteiger partial charge in [0.25, 0.3) is 5.91 Å². The lowest BCUT2D eigenvalue weighted by molar-refractivity contribution is 0.101. The molecule has 0 radical (unpaired) electrons. The molecule has 2 saturated carbocycles. The summed E-state index contributed by atoms with van der Waals surface area (Å²) in [5.41, 5.74) is 0.990. The number of anilines is 1. The van der Waals surface area contributed by atoms with Gasteiger partial charge < -0.3 is 24.3 Å². The van der Waals surface area contributed by atoms with E-state index in [9.17, 15) is 4.79 Å². The molecule has 1 N–H and O–H groups in total. The van der Waals surface area contributed by atoms with Crippen molar-refractivity contribution in [3.8, 4) is 28.7 Å². The Morgan fingerprint density at radius 3 is 2.50 bits per heavy atom. The lowest BCUT2D eigenvalue weighted by Crippen LogP contribution is -2.20. The molecule has 1 aromatic carbocycles. The lowest BCUT2D eigenvalue weighted by atomic mass is 9.86. The number of carbonyl (C=O) groups excluding carboxylic acids is 1. The van der Waals surface area contributed by atoms with Crippen LogP contribution in [0.15, 0.2) is 48.9 Å². The summed E-state index contributed by atoms with van der Waals surface area (Å²) in [4.78, 5) is 21.9. The monoisotopic (exact) mass is 515 g/mol. The van der Waals surface area contributed by atoms with Crippen molar-refractivity contribution in [1.29, 1.82) is 0 Å². The standard InChI is InChI=1S/C28H29N5O5/c1-35-23-12-20-21(13-24(23)36-2)29-11-10-22(20)38-19-8-9-26(30-14-19)31-28(34)27-25(37-16-17-4-3-5-17)15-33(32-27)18-6-7-18/h8-15,17-18H,3-7,16H2,1-2H3,(H,30,31,34). The second-order valence-electron chi connectivity index (χ2n) is 9.63. The molecule has 2 aliphatic carbocycles. The predicted octanol–water partition coefficient (Wildman–Crippen LogP) is 5.40. The van der Waals surface area contributed by atoms with Gasteiger partial charge in [0.05, 0.1) is 44.8 Å². The second kappa shape index (κ2) is 10.2. The third-order valence-electron chi connectivity index (χ3n) is 6.95. The van der Waals surface area contributed by atoms with E-state index < -0.39 is 0 Å². The molecule has 2 fully saturated rings. The Morgan fingerprint density at radius 1 is 1.00 bits per heavy atom. The van der Waals surface area contributed by atoms with Crippen LogP contribution in [-0.4, -0.2) is 46.5 Å². The summed E-state index contributed by atoms with van der Waals surface area (Å²) in [6.45, 7) is 0.614. The van der Waals surface area contributed by atoms with Crippen LogP contribution in [0.3, 0.4) is 0 Å². The molecule has 2 aliphatic rings. The van der Waals surface area contributed by atoms with Gasteiger partial charge in [-0.2, -0.15) is 5.10 Å². The van der Waals surface area contributed by atoms with Crippen molar-refractivity contribution in [2.45, 2.75) is 38.1 Å². The molecule has 4 aromatic rings. The molecular weight excluding hydrogens is 486 g/mol. The van der Waals surface area contributed by atoms with Crippen molar-refractivity contribution in [2.75, 3.05) is 26.1 Å². The van der Waals surface area contributed by atoms with Crippen molar-refractivity contribution >= 4 is 22.6 Å². The van der Waals surface area contributed by atoms with E-state index in [0.717, 1.165) is 18.2 Å². The number of nitrogens with zero attached hydrogens (tertiary/aromatic N) is 4. The van der Waals surface area contributed by atoms with Gasteiger partial charge in [-0.15, -0.1) is 0 Å². The summed E-state index contributed by atoms with van der Waals surface area (Å²) in [6, 6.07) is 9.17. The molecule has 38 heavy (non-hydrogen) atoms. The van der Waals surface area contributed by atoms with E-state index in [1.807, 2.05) is 16.9 Å². The van der Waals surface area contributed by atoms with Crippen LogP contribution in [0.4, 0.5) is 5.82 Å². The van der Waals surface area contributed by atoms with Gasteiger partial charge in [-0.05, 0) is 55.9 Å². The summed E-state index contributed by atoms with van der Waals surface area (Å²) < 4.78 is 24.7. The van der Waals surface area contributed by atoms with Gasteiger partial charge in [0, 0.05) is 17.6 Å². The largest absolute Gasteiger partial charge is 0.493 e. The summed E-state index contributed by atoms with van der Waals surface area (Å²) in [5.74, 6) is 3.39. The molecule has 1 amide bonds. The summed E-state index contributed by atoms with van der Waals surface area (Å²) in [6.07, 6.45) is 10.8. The van der Waals surface area contributed by atoms with Crippen LogP contribution in [0.1, 0.15) is 48.6 Å². The first-order chi connectivity index (χ1) is 18.6. The average Bonchev–Trinajstić information content (AvgIpc) is 3.67. The van der Waals surface area contributed by atoms with E-state index in [0.29, 0.717) is 58.6 Å². The number of fused-ring (bicyclic) bond motifs is 1. The Hall–Kier alpha value is -4.34. The number of methoxy groups -OCH3 is 2. The van der Waals surface area contributed by atoms with Gasteiger partial charge >= 0.3 is 0 Å². The molecule has 10 heteroatoms. The molecule has 0 spiro atoms. The Morgan fingerprint density at radius 2 is 1.82 bits per heavy atom. The van der Waals surface area contributed by atoms with Crippen molar-refractivity contribution in [3.05, 3.63) is 54.6 Å². The quantitative estimate of drug-likeness (QED) is 0.299. The third-order valence-corrected chi connectivity index (χ3v) is 6.95. The molecule has 0 atom stereocenters. The number of rotatable bonds is 10. The van der Waals surface area contributed by atoms with Crippen molar-refractivity contribution < 1.29 is 23.7 Å². The van der Waals surface area contributed by atoms with Gasteiger partial charge in [0.1, 0.15) is 17.3 Å². The van der Waals surface area contributed by atoms with E-state index in [4.69, 9.17) is 18.9 Å². The number of hydrogen-bond donors (Lipinski definition) is 1. The van der Waals surface area contributed by atoms with Crippen molar-refractivity contribution in [3.63, 3.8) is 0 Å². The Balaban J connectivity index is 1.16. The number of ether oxygens (including phenoxy) is 4. The SMILES string of the molecule is COc1cc2nccc(Oc3ccc(NC(=O)c4nn(C5CC5)cc4OCC4CCC4)nc3)c2cc1OC. The van der Waals surface area contributed by atoms with Crippen LogP contribution in [0.5, 0.6) is 28.7 Å². The molecule has 3 aromatic heterocycles. The lowest BCUT2D eigenvalue weighted by Gasteiger charge is -2.24. The summed E-state index contributed by atoms with van der Waals surface area (Å²) in [5, 5.41) is 8.12. The molecule has 6 rings (SSSR count).